The Morgan fingerprint density at radius 1 is 0.385 bits per heavy atom. The zero-order chi connectivity index (χ0) is 19.3. The van der Waals surface area contributed by atoms with Gasteiger partial charge < -0.3 is 0 Å². The molecule has 0 aromatic carbocycles. The zero-order valence-electron chi connectivity index (χ0n) is 18.7. The zero-order valence-corrected chi connectivity index (χ0v) is 21.4. The van der Waals surface area contributed by atoms with E-state index in [4.69, 9.17) is 10.4 Å². The van der Waals surface area contributed by atoms with Gasteiger partial charge in [-0.3, -0.25) is 0 Å². The second kappa shape index (κ2) is 20.5. The molecule has 0 aliphatic heterocycles. The second-order valence-corrected chi connectivity index (χ2v) is 19.8. The van der Waals surface area contributed by atoms with Crippen LogP contribution in [-0.4, -0.2) is 11.9 Å². The van der Waals surface area contributed by atoms with Crippen molar-refractivity contribution in [3.8, 4) is 0 Å². The van der Waals surface area contributed by atoms with Gasteiger partial charge in [-0.1, -0.05) is 0 Å². The third-order valence-electron chi connectivity index (χ3n) is 5.76. The number of hydrogen-bond acceptors (Lipinski definition) is 1. The van der Waals surface area contributed by atoms with Gasteiger partial charge in [-0.15, -0.1) is 0 Å². The fourth-order valence-corrected chi connectivity index (χ4v) is 12.3. The summed E-state index contributed by atoms with van der Waals surface area (Å²) in [7, 11) is 6.38. The van der Waals surface area contributed by atoms with E-state index in [0.717, 1.165) is 0 Å². The van der Waals surface area contributed by atoms with Gasteiger partial charge in [-0.25, -0.2) is 0 Å². The van der Waals surface area contributed by atoms with E-state index in [-0.39, 0.29) is 0 Å². The molecule has 0 bridgehead atoms. The van der Waals surface area contributed by atoms with Crippen LogP contribution >= 0.6 is 10.4 Å². The molecule has 0 rings (SSSR count). The molecule has 0 amide bonds. The Bertz CT molecular complexity index is 266. The van der Waals surface area contributed by atoms with Gasteiger partial charge in [-0.2, -0.15) is 0 Å². The maximum atomic E-state index is 6.38. The van der Waals surface area contributed by atoms with Crippen LogP contribution in [0.3, 0.4) is 0 Å². The molecular weight excluding hydrogens is 395 g/mol. The first-order chi connectivity index (χ1) is 12.7. The van der Waals surface area contributed by atoms with Crippen molar-refractivity contribution in [1.29, 1.82) is 0 Å². The molecule has 0 aromatic rings. The van der Waals surface area contributed by atoms with Crippen LogP contribution in [0.4, 0.5) is 0 Å². The van der Waals surface area contributed by atoms with Crippen LogP contribution in [0.1, 0.15) is 136 Å². The van der Waals surface area contributed by atoms with Gasteiger partial charge in [0.05, 0.1) is 0 Å². The van der Waals surface area contributed by atoms with E-state index in [0.29, 0.717) is 0 Å². The molecule has 0 unspecified atom stereocenters. The summed E-state index contributed by atoms with van der Waals surface area (Å²) in [6.45, 7) is 6.93. The molecule has 0 nitrogen and oxygen atoms in total. The van der Waals surface area contributed by atoms with Crippen molar-refractivity contribution < 1.29 is 0 Å². The fourth-order valence-electron chi connectivity index (χ4n) is 3.88. The summed E-state index contributed by atoms with van der Waals surface area (Å²) < 4.78 is 0. The van der Waals surface area contributed by atoms with E-state index in [2.05, 4.69) is 20.8 Å². The van der Waals surface area contributed by atoms with Crippen molar-refractivity contribution in [2.45, 2.75) is 152 Å². The van der Waals surface area contributed by atoms with Crippen LogP contribution in [0, 0.1) is 0 Å². The van der Waals surface area contributed by atoms with Crippen molar-refractivity contribution in [1.82, 2.24) is 0 Å². The van der Waals surface area contributed by atoms with Crippen molar-refractivity contribution in [2.24, 2.45) is 0 Å². The summed E-state index contributed by atoms with van der Waals surface area (Å²) >= 11 is -1.75. The van der Waals surface area contributed by atoms with Crippen molar-refractivity contribution in [2.75, 3.05) is 0 Å². The van der Waals surface area contributed by atoms with Gasteiger partial charge in [0.25, 0.3) is 0 Å². The first-order valence-electron chi connectivity index (χ1n) is 12.3. The van der Waals surface area contributed by atoms with E-state index in [9.17, 15) is 0 Å². The molecule has 0 saturated carbocycles. The van der Waals surface area contributed by atoms with Gasteiger partial charge in [0.2, 0.25) is 0 Å². The molecule has 158 valence electrons. The van der Waals surface area contributed by atoms with E-state index in [1.807, 2.05) is 0 Å². The molecule has 0 aliphatic carbocycles. The molecule has 2 heteroatoms. The van der Waals surface area contributed by atoms with Gasteiger partial charge in [0.1, 0.15) is 0 Å². The van der Waals surface area contributed by atoms with Crippen LogP contribution in [0.25, 0.3) is 0 Å². The average Bonchev–Trinajstić information content (AvgIpc) is 2.64. The average molecular weight is 447 g/mol. The molecule has 26 heavy (non-hydrogen) atoms. The standard InChI is InChI=1S/C24H51AsS/c1-4-7-10-13-16-19-22-25(26,23-20-17-14-11-8-5-2)24-21-18-15-12-9-6-3/h4-24H2,1-3H3. The van der Waals surface area contributed by atoms with Crippen LogP contribution in [0.15, 0.2) is 0 Å². The maximum absolute atomic E-state index is 6.38. The van der Waals surface area contributed by atoms with E-state index in [1.165, 1.54) is 131 Å². The fraction of sp³-hybridized carbons (Fsp3) is 1.00. The SMILES string of the molecule is CCCCCCCC[As](=S)(CCCCCCCC)CCCCCCCC. The van der Waals surface area contributed by atoms with Crippen LogP contribution in [0.5, 0.6) is 0 Å². The van der Waals surface area contributed by atoms with Gasteiger partial charge in [-0.05, 0) is 0 Å². The Morgan fingerprint density at radius 2 is 0.615 bits per heavy atom. The molecule has 0 saturated heterocycles. The van der Waals surface area contributed by atoms with E-state index in [1.54, 1.807) is 0 Å². The Morgan fingerprint density at radius 3 is 0.885 bits per heavy atom. The summed E-state index contributed by atoms with van der Waals surface area (Å²) in [5, 5.41) is 4.43. The van der Waals surface area contributed by atoms with E-state index < -0.39 is 11.9 Å². The molecule has 0 aliphatic rings. The van der Waals surface area contributed by atoms with Crippen molar-refractivity contribution in [3.63, 3.8) is 0 Å². The Labute approximate surface area is 173 Å². The number of rotatable bonds is 21. The van der Waals surface area contributed by atoms with Crippen LogP contribution < -0.4 is 0 Å². The molecule has 0 atom stereocenters. The monoisotopic (exact) mass is 446 g/mol. The van der Waals surface area contributed by atoms with Gasteiger partial charge in [0.15, 0.2) is 0 Å². The van der Waals surface area contributed by atoms with Crippen molar-refractivity contribution >= 4 is 22.3 Å². The normalized spacial score (nSPS) is 12.0. The summed E-state index contributed by atoms with van der Waals surface area (Å²) in [5.74, 6) is 0. The first kappa shape index (κ1) is 26.8. The topological polar surface area (TPSA) is 0 Å². The van der Waals surface area contributed by atoms with Crippen LogP contribution in [0.2, 0.25) is 15.6 Å². The third kappa shape index (κ3) is 18.2. The molecule has 0 spiro atoms. The quantitative estimate of drug-likeness (QED) is 0.125. The van der Waals surface area contributed by atoms with Gasteiger partial charge in [0, 0.05) is 0 Å². The molecule has 0 fully saturated rings. The third-order valence-corrected chi connectivity index (χ3v) is 15.7. The Balaban J connectivity index is 4.04. The second-order valence-electron chi connectivity index (χ2n) is 8.53. The minimum absolute atomic E-state index is 1.36. The Kier molecular flexibility index (Phi) is 21.1. The van der Waals surface area contributed by atoms with Gasteiger partial charge >= 0.3 is 174 Å². The summed E-state index contributed by atoms with van der Waals surface area (Å²) in [6.07, 6.45) is 25.7. The predicted molar refractivity (Wildman–Crippen MR) is 128 cm³/mol. The molecule has 0 heterocycles. The molecular formula is C24H51AsS. The molecule has 0 aromatic heterocycles. The number of unbranched alkanes of at least 4 members (excludes halogenated alkanes) is 15. The number of hydrogen-bond donors (Lipinski definition) is 0. The summed E-state index contributed by atoms with van der Waals surface area (Å²) in [5.41, 5.74) is 0. The summed E-state index contributed by atoms with van der Waals surface area (Å²) in [6, 6.07) is 0. The molecule has 0 N–H and O–H groups in total. The summed E-state index contributed by atoms with van der Waals surface area (Å²) in [4.78, 5) is 0. The molecule has 0 radical (unpaired) electrons. The first-order valence-corrected chi connectivity index (χ1v) is 18.9. The van der Waals surface area contributed by atoms with E-state index >= 15 is 0 Å². The van der Waals surface area contributed by atoms with Crippen molar-refractivity contribution in [3.05, 3.63) is 0 Å². The minimum atomic E-state index is -1.75. The Hall–Kier alpha value is 0.778. The predicted octanol–water partition coefficient (Wildman–Crippen LogP) is 10.2. The van der Waals surface area contributed by atoms with Crippen LogP contribution in [-0.2, 0) is 0 Å².